The molecule has 3 aromatic carbocycles. The Bertz CT molecular complexity index is 931. The Balaban J connectivity index is 1.64. The van der Waals surface area contributed by atoms with Gasteiger partial charge in [-0.3, -0.25) is 9.69 Å². The summed E-state index contributed by atoms with van der Waals surface area (Å²) in [6.45, 7) is 0.770. The molecule has 0 aliphatic rings. The molecular weight excluding hydrogens is 387 g/mol. The molecular formula is C24H24ClFN2O. The normalized spacial score (nSPS) is 12.0. The summed E-state index contributed by atoms with van der Waals surface area (Å²) in [7, 11) is 1.90. The van der Waals surface area contributed by atoms with Crippen LogP contribution in [0.5, 0.6) is 0 Å². The summed E-state index contributed by atoms with van der Waals surface area (Å²) < 4.78 is 13.4. The van der Waals surface area contributed by atoms with Crippen LogP contribution in [-0.4, -0.2) is 30.9 Å². The maximum atomic E-state index is 13.4. The van der Waals surface area contributed by atoms with E-state index in [1.165, 1.54) is 12.1 Å². The SMILES string of the molecule is CN(CC(=O)NCCc1cccc(Cl)c1)C(c1ccccc1)c1ccc(F)cc1. The molecule has 1 atom stereocenters. The minimum absolute atomic E-state index is 0.0578. The van der Waals surface area contributed by atoms with Crippen molar-refractivity contribution in [2.24, 2.45) is 0 Å². The van der Waals surface area contributed by atoms with E-state index in [-0.39, 0.29) is 24.3 Å². The Morgan fingerprint density at radius 1 is 1.00 bits per heavy atom. The highest BCUT2D eigenvalue weighted by molar-refractivity contribution is 6.30. The molecule has 0 aliphatic heterocycles. The van der Waals surface area contributed by atoms with E-state index in [1.807, 2.05) is 66.5 Å². The van der Waals surface area contributed by atoms with Crippen LogP contribution in [0.1, 0.15) is 22.7 Å². The molecule has 150 valence electrons. The predicted octanol–water partition coefficient (Wildman–Crippen LogP) is 4.86. The fourth-order valence-corrected chi connectivity index (χ4v) is 3.61. The third-order valence-electron chi connectivity index (χ3n) is 4.76. The van der Waals surface area contributed by atoms with Gasteiger partial charge in [0.2, 0.25) is 5.91 Å². The highest BCUT2D eigenvalue weighted by atomic mass is 35.5. The first kappa shape index (κ1) is 21.0. The van der Waals surface area contributed by atoms with Crippen molar-refractivity contribution in [1.29, 1.82) is 0 Å². The molecule has 0 aliphatic carbocycles. The van der Waals surface area contributed by atoms with Crippen LogP contribution >= 0.6 is 11.6 Å². The Labute approximate surface area is 176 Å². The van der Waals surface area contributed by atoms with Crippen LogP contribution in [0.15, 0.2) is 78.9 Å². The van der Waals surface area contributed by atoms with E-state index in [1.54, 1.807) is 12.1 Å². The topological polar surface area (TPSA) is 32.3 Å². The van der Waals surface area contributed by atoms with Crippen molar-refractivity contribution in [1.82, 2.24) is 10.2 Å². The summed E-state index contributed by atoms with van der Waals surface area (Å²) in [5, 5.41) is 3.66. The van der Waals surface area contributed by atoms with Gasteiger partial charge in [-0.1, -0.05) is 66.2 Å². The van der Waals surface area contributed by atoms with Gasteiger partial charge in [-0.15, -0.1) is 0 Å². The van der Waals surface area contributed by atoms with Crippen molar-refractivity contribution in [2.45, 2.75) is 12.5 Å². The number of carbonyl (C=O) groups is 1. The molecule has 29 heavy (non-hydrogen) atoms. The number of hydrogen-bond acceptors (Lipinski definition) is 2. The van der Waals surface area contributed by atoms with E-state index in [0.717, 1.165) is 23.1 Å². The summed E-state index contributed by atoms with van der Waals surface area (Å²) in [6, 6.07) is 23.8. The lowest BCUT2D eigenvalue weighted by molar-refractivity contribution is -0.122. The number of likely N-dealkylation sites (N-methyl/N-ethyl adjacent to an activating group) is 1. The average Bonchev–Trinajstić information content (AvgIpc) is 2.70. The summed E-state index contributed by atoms with van der Waals surface area (Å²) in [6.07, 6.45) is 0.718. The molecule has 0 aromatic heterocycles. The molecule has 0 saturated heterocycles. The first-order valence-corrected chi connectivity index (χ1v) is 9.92. The van der Waals surface area contributed by atoms with Crippen LogP contribution in [-0.2, 0) is 11.2 Å². The molecule has 1 amide bonds. The van der Waals surface area contributed by atoms with E-state index < -0.39 is 0 Å². The van der Waals surface area contributed by atoms with Gasteiger partial charge < -0.3 is 5.32 Å². The number of nitrogens with zero attached hydrogens (tertiary/aromatic N) is 1. The maximum Gasteiger partial charge on any atom is 0.234 e. The molecule has 1 N–H and O–H groups in total. The fraction of sp³-hybridized carbons (Fsp3) is 0.208. The predicted molar refractivity (Wildman–Crippen MR) is 115 cm³/mol. The van der Waals surface area contributed by atoms with E-state index in [4.69, 9.17) is 11.6 Å². The lowest BCUT2D eigenvalue weighted by Gasteiger charge is -2.28. The van der Waals surface area contributed by atoms with Crippen molar-refractivity contribution in [2.75, 3.05) is 20.1 Å². The third-order valence-corrected chi connectivity index (χ3v) is 4.99. The molecule has 0 radical (unpaired) electrons. The first-order valence-electron chi connectivity index (χ1n) is 9.55. The zero-order valence-electron chi connectivity index (χ0n) is 16.3. The number of benzene rings is 3. The molecule has 0 saturated carbocycles. The van der Waals surface area contributed by atoms with Gasteiger partial charge in [0.05, 0.1) is 12.6 Å². The van der Waals surface area contributed by atoms with Crippen molar-refractivity contribution in [3.63, 3.8) is 0 Å². The quantitative estimate of drug-likeness (QED) is 0.575. The fourth-order valence-electron chi connectivity index (χ4n) is 3.39. The molecule has 1 unspecified atom stereocenters. The number of rotatable bonds is 8. The van der Waals surface area contributed by atoms with E-state index in [9.17, 15) is 9.18 Å². The summed E-state index contributed by atoms with van der Waals surface area (Å²) in [5.41, 5.74) is 3.07. The van der Waals surface area contributed by atoms with Crippen molar-refractivity contribution in [3.05, 3.63) is 106 Å². The largest absolute Gasteiger partial charge is 0.355 e. The zero-order chi connectivity index (χ0) is 20.6. The maximum absolute atomic E-state index is 13.4. The van der Waals surface area contributed by atoms with E-state index in [0.29, 0.717) is 11.6 Å². The highest BCUT2D eigenvalue weighted by Crippen LogP contribution is 2.27. The molecule has 0 fully saturated rings. The van der Waals surface area contributed by atoms with Gasteiger partial charge in [-0.25, -0.2) is 4.39 Å². The Morgan fingerprint density at radius 2 is 1.69 bits per heavy atom. The van der Waals surface area contributed by atoms with Gasteiger partial charge >= 0.3 is 0 Å². The zero-order valence-corrected chi connectivity index (χ0v) is 17.1. The smallest absolute Gasteiger partial charge is 0.234 e. The monoisotopic (exact) mass is 410 g/mol. The van der Waals surface area contributed by atoms with Gasteiger partial charge in [0.1, 0.15) is 5.82 Å². The number of halogens is 2. The van der Waals surface area contributed by atoms with Crippen molar-refractivity contribution < 1.29 is 9.18 Å². The van der Waals surface area contributed by atoms with Gasteiger partial charge in [-0.2, -0.15) is 0 Å². The number of amides is 1. The van der Waals surface area contributed by atoms with Gasteiger partial charge in [0.25, 0.3) is 0 Å². The van der Waals surface area contributed by atoms with Crippen molar-refractivity contribution in [3.8, 4) is 0 Å². The lowest BCUT2D eigenvalue weighted by atomic mass is 9.97. The second-order valence-corrected chi connectivity index (χ2v) is 7.45. The molecule has 3 nitrogen and oxygen atoms in total. The Morgan fingerprint density at radius 3 is 2.38 bits per heavy atom. The van der Waals surface area contributed by atoms with Crippen LogP contribution in [0.25, 0.3) is 0 Å². The number of nitrogens with one attached hydrogen (secondary N) is 1. The Hall–Kier alpha value is -2.69. The van der Waals surface area contributed by atoms with Gasteiger partial charge in [0.15, 0.2) is 0 Å². The molecule has 3 rings (SSSR count). The average molecular weight is 411 g/mol. The molecule has 0 heterocycles. The minimum Gasteiger partial charge on any atom is -0.355 e. The lowest BCUT2D eigenvalue weighted by Crippen LogP contribution is -2.38. The third kappa shape index (κ3) is 6.14. The van der Waals surface area contributed by atoms with E-state index in [2.05, 4.69) is 5.32 Å². The molecule has 5 heteroatoms. The van der Waals surface area contributed by atoms with E-state index >= 15 is 0 Å². The molecule has 0 bridgehead atoms. The minimum atomic E-state index is -0.276. The Kier molecular flexibility index (Phi) is 7.39. The highest BCUT2D eigenvalue weighted by Gasteiger charge is 2.21. The van der Waals surface area contributed by atoms with Crippen molar-refractivity contribution >= 4 is 17.5 Å². The van der Waals surface area contributed by atoms with Crippen LogP contribution in [0, 0.1) is 5.82 Å². The van der Waals surface area contributed by atoms with Crippen LogP contribution in [0.4, 0.5) is 4.39 Å². The first-order chi connectivity index (χ1) is 14.0. The summed E-state index contributed by atoms with van der Waals surface area (Å²) >= 11 is 6.00. The number of carbonyl (C=O) groups excluding carboxylic acids is 1. The second-order valence-electron chi connectivity index (χ2n) is 7.01. The van der Waals surface area contributed by atoms with Crippen LogP contribution < -0.4 is 5.32 Å². The molecule has 3 aromatic rings. The van der Waals surface area contributed by atoms with Gasteiger partial charge in [-0.05, 0) is 54.4 Å². The number of hydrogen-bond donors (Lipinski definition) is 1. The summed E-state index contributed by atoms with van der Waals surface area (Å²) in [4.78, 5) is 14.5. The molecule has 0 spiro atoms. The van der Waals surface area contributed by atoms with Gasteiger partial charge in [0, 0.05) is 11.6 Å². The van der Waals surface area contributed by atoms with Crippen LogP contribution in [0.3, 0.4) is 0 Å². The standard InChI is InChI=1S/C24H24ClFN2O/c1-28(17-23(29)27-15-14-18-6-5-9-21(25)16-18)24(19-7-3-2-4-8-19)20-10-12-22(26)13-11-20/h2-13,16,24H,14-15,17H2,1H3,(H,27,29). The van der Waals surface area contributed by atoms with Crippen LogP contribution in [0.2, 0.25) is 5.02 Å². The second kappa shape index (κ2) is 10.2. The summed E-state index contributed by atoms with van der Waals surface area (Å²) in [5.74, 6) is -0.334.